The molecule has 0 unspecified atom stereocenters. The number of thiazole rings is 1. The number of carbonyl (C=O) groups is 2. The van der Waals surface area contributed by atoms with E-state index < -0.39 is 0 Å². The molecule has 2 atom stereocenters. The van der Waals surface area contributed by atoms with Gasteiger partial charge in [-0.05, 0) is 39.0 Å². The third kappa shape index (κ3) is 5.57. The molecule has 2 aromatic rings. The van der Waals surface area contributed by atoms with Crippen LogP contribution in [0.1, 0.15) is 53.6 Å². The molecule has 162 valence electrons. The molecule has 3 N–H and O–H groups in total. The Bertz CT molecular complexity index is 876. The van der Waals surface area contributed by atoms with Crippen molar-refractivity contribution < 1.29 is 19.1 Å². The predicted octanol–water partition coefficient (Wildman–Crippen LogP) is 2.90. The molecule has 2 fully saturated rings. The van der Waals surface area contributed by atoms with Crippen molar-refractivity contribution in [2.24, 2.45) is 0 Å². The van der Waals surface area contributed by atoms with E-state index in [1.54, 1.807) is 6.20 Å². The van der Waals surface area contributed by atoms with Gasteiger partial charge in [0, 0.05) is 48.0 Å². The van der Waals surface area contributed by atoms with Gasteiger partial charge in [-0.15, -0.1) is 11.3 Å². The number of nitrogens with one attached hydrogen (secondary N) is 3. The normalized spacial score (nSPS) is 22.0. The monoisotopic (exact) mass is 433 g/mol. The van der Waals surface area contributed by atoms with E-state index in [0.29, 0.717) is 19.0 Å². The van der Waals surface area contributed by atoms with Crippen LogP contribution < -0.4 is 10.6 Å². The maximum absolute atomic E-state index is 12.2. The van der Waals surface area contributed by atoms with Gasteiger partial charge in [0.25, 0.3) is 0 Å². The number of aromatic amines is 1. The minimum Gasteiger partial charge on any atom is -0.446 e. The summed E-state index contributed by atoms with van der Waals surface area (Å²) in [7, 11) is 0. The Hall–Kier alpha value is -2.46. The van der Waals surface area contributed by atoms with E-state index in [1.807, 2.05) is 13.0 Å². The van der Waals surface area contributed by atoms with Gasteiger partial charge in [0.15, 0.2) is 5.82 Å². The van der Waals surface area contributed by atoms with Crippen LogP contribution in [0.4, 0.5) is 10.6 Å². The van der Waals surface area contributed by atoms with E-state index in [0.717, 1.165) is 47.7 Å². The van der Waals surface area contributed by atoms with E-state index in [2.05, 4.69) is 25.8 Å². The first-order valence-electron chi connectivity index (χ1n) is 10.4. The second kappa shape index (κ2) is 9.57. The molecule has 0 bridgehead atoms. The van der Waals surface area contributed by atoms with Crippen LogP contribution in [0.15, 0.2) is 12.3 Å². The number of hydrogen-bond donors (Lipinski definition) is 3. The van der Waals surface area contributed by atoms with Gasteiger partial charge in [-0.25, -0.2) is 9.78 Å². The van der Waals surface area contributed by atoms with Crippen LogP contribution in [0.2, 0.25) is 0 Å². The van der Waals surface area contributed by atoms with Crippen LogP contribution in [-0.2, 0) is 20.7 Å². The number of alkyl carbamates (subject to hydrolysis) is 1. The molecule has 2 aromatic heterocycles. The number of anilines is 1. The predicted molar refractivity (Wildman–Crippen MR) is 112 cm³/mol. The van der Waals surface area contributed by atoms with Gasteiger partial charge < -0.3 is 20.1 Å². The molecule has 10 heteroatoms. The van der Waals surface area contributed by atoms with E-state index in [9.17, 15) is 9.59 Å². The zero-order chi connectivity index (χ0) is 20.9. The smallest absolute Gasteiger partial charge is 0.407 e. The summed E-state index contributed by atoms with van der Waals surface area (Å²) in [5.74, 6) is 0.625. The molecule has 4 rings (SSSR count). The summed E-state index contributed by atoms with van der Waals surface area (Å²) in [5.41, 5.74) is 0.954. The number of ether oxygens (including phenoxy) is 2. The van der Waals surface area contributed by atoms with Crippen molar-refractivity contribution in [2.45, 2.75) is 63.5 Å². The van der Waals surface area contributed by atoms with E-state index >= 15 is 0 Å². The summed E-state index contributed by atoms with van der Waals surface area (Å²) in [6, 6.07) is 2.00. The van der Waals surface area contributed by atoms with Crippen LogP contribution >= 0.6 is 11.3 Å². The number of aromatic nitrogens is 3. The highest BCUT2D eigenvalue weighted by atomic mass is 32.1. The van der Waals surface area contributed by atoms with Crippen molar-refractivity contribution in [3.05, 3.63) is 27.8 Å². The van der Waals surface area contributed by atoms with Crippen molar-refractivity contribution in [1.29, 1.82) is 0 Å². The fourth-order valence-electron chi connectivity index (χ4n) is 3.97. The fourth-order valence-corrected chi connectivity index (χ4v) is 4.76. The Kier molecular flexibility index (Phi) is 6.63. The summed E-state index contributed by atoms with van der Waals surface area (Å²) < 4.78 is 10.9. The maximum atomic E-state index is 12.2. The second-order valence-electron chi connectivity index (χ2n) is 7.85. The molecule has 0 spiro atoms. The molecule has 1 aliphatic carbocycles. The van der Waals surface area contributed by atoms with Crippen LogP contribution in [0.5, 0.6) is 0 Å². The van der Waals surface area contributed by atoms with Gasteiger partial charge in [-0.3, -0.25) is 9.89 Å². The Morgan fingerprint density at radius 1 is 1.30 bits per heavy atom. The lowest BCUT2D eigenvalue weighted by atomic mass is 10.0. The maximum Gasteiger partial charge on any atom is 0.407 e. The minimum atomic E-state index is -0.344. The lowest BCUT2D eigenvalue weighted by Gasteiger charge is -2.23. The molecule has 1 aliphatic heterocycles. The van der Waals surface area contributed by atoms with Gasteiger partial charge in [0.1, 0.15) is 6.10 Å². The fraction of sp³-hybridized carbons (Fsp3) is 0.600. The molecule has 0 aromatic carbocycles. The number of nitrogens with zero attached hydrogens (tertiary/aromatic N) is 2. The topological polar surface area (TPSA) is 118 Å². The Labute approximate surface area is 178 Å². The van der Waals surface area contributed by atoms with Crippen LogP contribution in [0.25, 0.3) is 0 Å². The summed E-state index contributed by atoms with van der Waals surface area (Å²) in [4.78, 5) is 29.4. The van der Waals surface area contributed by atoms with Gasteiger partial charge in [-0.2, -0.15) is 5.10 Å². The van der Waals surface area contributed by atoms with Crippen molar-refractivity contribution in [3.8, 4) is 0 Å². The molecule has 1 saturated carbocycles. The average Bonchev–Trinajstić information content (AvgIpc) is 3.44. The lowest BCUT2D eigenvalue weighted by Crippen LogP contribution is -2.40. The van der Waals surface area contributed by atoms with Crippen molar-refractivity contribution >= 4 is 29.2 Å². The standard InChI is InChI=1S/C20H27N5O4S/c1-12-21-11-16(30-12)9-19(26)23-18-10-17(24-25-18)13-2-3-15(8-13)29-20(27)22-14-4-6-28-7-5-14/h10-11,13-15H,2-9H2,1H3,(H,22,27)(H2,23,24,25,26)/t13-,15+/m1/s1. The molecule has 2 aliphatic rings. The largest absolute Gasteiger partial charge is 0.446 e. The molecular weight excluding hydrogens is 406 g/mol. The van der Waals surface area contributed by atoms with E-state index in [1.165, 1.54) is 11.3 Å². The van der Waals surface area contributed by atoms with Crippen molar-refractivity contribution in [2.75, 3.05) is 18.5 Å². The highest BCUT2D eigenvalue weighted by Gasteiger charge is 2.30. The number of aryl methyl sites for hydroxylation is 1. The van der Waals surface area contributed by atoms with Crippen LogP contribution in [0.3, 0.4) is 0 Å². The quantitative estimate of drug-likeness (QED) is 0.645. The molecule has 30 heavy (non-hydrogen) atoms. The molecule has 1 saturated heterocycles. The van der Waals surface area contributed by atoms with Gasteiger partial charge in [-0.1, -0.05) is 0 Å². The second-order valence-corrected chi connectivity index (χ2v) is 9.17. The van der Waals surface area contributed by atoms with Crippen LogP contribution in [0, 0.1) is 6.92 Å². The lowest BCUT2D eigenvalue weighted by molar-refractivity contribution is -0.115. The summed E-state index contributed by atoms with van der Waals surface area (Å²) in [5, 5.41) is 13.9. The van der Waals surface area contributed by atoms with E-state index in [4.69, 9.17) is 9.47 Å². The number of amides is 2. The Morgan fingerprint density at radius 3 is 2.90 bits per heavy atom. The highest BCUT2D eigenvalue weighted by Crippen LogP contribution is 2.35. The minimum absolute atomic E-state index is 0.106. The number of carbonyl (C=O) groups excluding carboxylic acids is 2. The zero-order valence-corrected chi connectivity index (χ0v) is 17.8. The number of rotatable bonds is 6. The first-order chi connectivity index (χ1) is 14.5. The summed E-state index contributed by atoms with van der Waals surface area (Å²) in [6.07, 6.45) is 5.69. The average molecular weight is 434 g/mol. The summed E-state index contributed by atoms with van der Waals surface area (Å²) >= 11 is 1.52. The van der Waals surface area contributed by atoms with Gasteiger partial charge in [0.05, 0.1) is 11.4 Å². The highest BCUT2D eigenvalue weighted by molar-refractivity contribution is 7.11. The first-order valence-corrected chi connectivity index (χ1v) is 11.2. The van der Waals surface area contributed by atoms with Crippen LogP contribution in [-0.4, -0.2) is 52.5 Å². The van der Waals surface area contributed by atoms with Gasteiger partial charge >= 0.3 is 6.09 Å². The SMILES string of the molecule is Cc1ncc(CC(=O)Nc2cc([C@@H]3CC[C@H](OC(=O)NC4CCOCC4)C3)[nH]n2)s1. The molecule has 3 heterocycles. The zero-order valence-electron chi connectivity index (χ0n) is 17.0. The van der Waals surface area contributed by atoms with E-state index in [-0.39, 0.29) is 36.5 Å². The third-order valence-electron chi connectivity index (χ3n) is 5.51. The first kappa shape index (κ1) is 20.8. The van der Waals surface area contributed by atoms with Gasteiger partial charge in [0.2, 0.25) is 5.91 Å². The third-order valence-corrected chi connectivity index (χ3v) is 6.42. The molecular formula is C20H27N5O4S. The summed E-state index contributed by atoms with van der Waals surface area (Å²) in [6.45, 7) is 3.28. The Morgan fingerprint density at radius 2 is 2.13 bits per heavy atom. The molecule has 2 amide bonds. The van der Waals surface area contributed by atoms with Crippen molar-refractivity contribution in [3.63, 3.8) is 0 Å². The van der Waals surface area contributed by atoms with Crippen molar-refractivity contribution in [1.82, 2.24) is 20.5 Å². The Balaban J connectivity index is 1.23. The molecule has 0 radical (unpaired) electrons. The number of hydrogen-bond acceptors (Lipinski definition) is 7. The number of H-pyrrole nitrogens is 1. The molecule has 9 nitrogen and oxygen atoms in total.